The maximum Gasteiger partial charge on any atom is 0.0657 e. The van der Waals surface area contributed by atoms with Gasteiger partial charge in [0, 0.05) is 5.41 Å². The SMILES string of the molecule is CC(C)=CCC[C@](C)(O)[C@H]1CC[C@]2(C)[C@@H]3CCC4C(C)(C)[C@@H](O)CC[C@]4(C)[C@H]3C[C@@H](O)[C@@]12C. The standard InChI is InChI=1S/C30H52O3/c1-19(2)10-9-15-29(7,33)23-13-17-28(6)20-11-12-22-26(3,4)24(31)14-16-27(22,5)21(20)18-25(32)30(23,28)8/h10,20-25,31-33H,9,11-18H2,1-8H3/t20-,21+,22?,23-,24+,25-,27-,28-,29+,30-/m1/s1. The Balaban J connectivity index is 1.66. The molecule has 0 aromatic heterocycles. The van der Waals surface area contributed by atoms with Crippen molar-refractivity contribution in [2.24, 2.45) is 45.3 Å². The van der Waals surface area contributed by atoms with Gasteiger partial charge < -0.3 is 15.3 Å². The number of hydrogen-bond donors (Lipinski definition) is 3. The molecule has 190 valence electrons. The first kappa shape index (κ1) is 25.7. The minimum atomic E-state index is -0.760. The third kappa shape index (κ3) is 3.53. The summed E-state index contributed by atoms with van der Waals surface area (Å²) >= 11 is 0. The van der Waals surface area contributed by atoms with Crippen LogP contribution in [-0.2, 0) is 0 Å². The number of fused-ring (bicyclic) bond motifs is 5. The second kappa shape index (κ2) is 8.07. The van der Waals surface area contributed by atoms with Gasteiger partial charge in [-0.3, -0.25) is 0 Å². The molecule has 33 heavy (non-hydrogen) atoms. The summed E-state index contributed by atoms with van der Waals surface area (Å²) in [6, 6.07) is 0. The Morgan fingerprint density at radius 2 is 1.58 bits per heavy atom. The Morgan fingerprint density at radius 1 is 0.909 bits per heavy atom. The van der Waals surface area contributed by atoms with E-state index in [1.165, 1.54) is 18.4 Å². The van der Waals surface area contributed by atoms with Crippen molar-refractivity contribution in [3.63, 3.8) is 0 Å². The van der Waals surface area contributed by atoms with Crippen molar-refractivity contribution >= 4 is 0 Å². The Morgan fingerprint density at radius 3 is 2.21 bits per heavy atom. The van der Waals surface area contributed by atoms with Gasteiger partial charge in [0.05, 0.1) is 17.8 Å². The van der Waals surface area contributed by atoms with Gasteiger partial charge in [-0.25, -0.2) is 0 Å². The van der Waals surface area contributed by atoms with Gasteiger partial charge in [-0.2, -0.15) is 0 Å². The Kier molecular flexibility index (Phi) is 6.28. The topological polar surface area (TPSA) is 60.7 Å². The molecule has 0 radical (unpaired) electrons. The summed E-state index contributed by atoms with van der Waals surface area (Å²) < 4.78 is 0. The summed E-state index contributed by atoms with van der Waals surface area (Å²) in [6.45, 7) is 18.1. The smallest absolute Gasteiger partial charge is 0.0657 e. The molecule has 4 fully saturated rings. The fraction of sp³-hybridized carbons (Fsp3) is 0.933. The van der Waals surface area contributed by atoms with Crippen LogP contribution in [-0.4, -0.2) is 33.1 Å². The highest BCUT2D eigenvalue weighted by molar-refractivity contribution is 5.20. The van der Waals surface area contributed by atoms with E-state index in [0.29, 0.717) is 17.8 Å². The van der Waals surface area contributed by atoms with Gasteiger partial charge >= 0.3 is 0 Å². The third-order valence-electron chi connectivity index (χ3n) is 12.5. The molecular weight excluding hydrogens is 408 g/mol. The second-order valence-electron chi connectivity index (χ2n) is 14.4. The minimum absolute atomic E-state index is 0.0503. The van der Waals surface area contributed by atoms with Crippen LogP contribution in [0.5, 0.6) is 0 Å². The molecule has 1 unspecified atom stereocenters. The molecule has 0 aromatic carbocycles. The van der Waals surface area contributed by atoms with Crippen LogP contribution < -0.4 is 0 Å². The Hall–Kier alpha value is -0.380. The van der Waals surface area contributed by atoms with Crippen molar-refractivity contribution in [3.8, 4) is 0 Å². The number of rotatable bonds is 4. The lowest BCUT2D eigenvalue weighted by Crippen LogP contribution is -2.66. The van der Waals surface area contributed by atoms with Gasteiger partial charge in [-0.05, 0) is 118 Å². The molecule has 3 nitrogen and oxygen atoms in total. The fourth-order valence-electron chi connectivity index (χ4n) is 10.3. The molecule has 0 aliphatic heterocycles. The van der Waals surface area contributed by atoms with Crippen molar-refractivity contribution in [1.82, 2.24) is 0 Å². The normalized spacial score (nSPS) is 50.5. The van der Waals surface area contributed by atoms with E-state index in [9.17, 15) is 15.3 Å². The largest absolute Gasteiger partial charge is 0.393 e. The van der Waals surface area contributed by atoms with Gasteiger partial charge in [0.25, 0.3) is 0 Å². The number of aliphatic hydroxyl groups is 3. The van der Waals surface area contributed by atoms with E-state index < -0.39 is 5.60 Å². The molecule has 0 heterocycles. The molecule has 0 amide bonds. The predicted octanol–water partition coefficient (Wildman–Crippen LogP) is 6.50. The number of aliphatic hydroxyl groups excluding tert-OH is 2. The van der Waals surface area contributed by atoms with Crippen molar-refractivity contribution in [1.29, 1.82) is 0 Å². The summed E-state index contributed by atoms with van der Waals surface area (Å²) in [7, 11) is 0. The van der Waals surface area contributed by atoms with Crippen molar-refractivity contribution in [2.75, 3.05) is 0 Å². The molecule has 4 rings (SSSR count). The van der Waals surface area contributed by atoms with Crippen LogP contribution in [0.4, 0.5) is 0 Å². The van der Waals surface area contributed by atoms with Crippen LogP contribution in [0.2, 0.25) is 0 Å². The zero-order chi connectivity index (χ0) is 24.6. The summed E-state index contributed by atoms with van der Waals surface area (Å²) in [4.78, 5) is 0. The highest BCUT2D eigenvalue weighted by Gasteiger charge is 2.71. The first-order valence-corrected chi connectivity index (χ1v) is 13.8. The average Bonchev–Trinajstić information content (AvgIpc) is 3.00. The first-order chi connectivity index (χ1) is 15.1. The van der Waals surface area contributed by atoms with E-state index in [1.54, 1.807) is 0 Å². The monoisotopic (exact) mass is 460 g/mol. The quantitative estimate of drug-likeness (QED) is 0.420. The lowest BCUT2D eigenvalue weighted by Gasteiger charge is -2.68. The summed E-state index contributed by atoms with van der Waals surface area (Å²) in [5, 5.41) is 34.5. The van der Waals surface area contributed by atoms with Crippen LogP contribution >= 0.6 is 0 Å². The van der Waals surface area contributed by atoms with Crippen LogP contribution in [0.25, 0.3) is 0 Å². The number of hydrogen-bond acceptors (Lipinski definition) is 3. The van der Waals surface area contributed by atoms with Crippen LogP contribution in [0.3, 0.4) is 0 Å². The zero-order valence-corrected chi connectivity index (χ0v) is 22.7. The molecule has 3 heteroatoms. The van der Waals surface area contributed by atoms with Crippen LogP contribution in [0.15, 0.2) is 11.6 Å². The number of allylic oxidation sites excluding steroid dienone is 2. The third-order valence-corrected chi connectivity index (χ3v) is 12.5. The van der Waals surface area contributed by atoms with Gasteiger partial charge in [-0.1, -0.05) is 46.3 Å². The van der Waals surface area contributed by atoms with E-state index in [4.69, 9.17) is 0 Å². The maximum absolute atomic E-state index is 11.9. The summed E-state index contributed by atoms with van der Waals surface area (Å²) in [5.74, 6) is 1.74. The average molecular weight is 461 g/mol. The Bertz CT molecular complexity index is 779. The van der Waals surface area contributed by atoms with E-state index in [0.717, 1.165) is 44.9 Å². The fourth-order valence-corrected chi connectivity index (χ4v) is 10.3. The molecule has 4 aliphatic carbocycles. The van der Waals surface area contributed by atoms with Crippen molar-refractivity contribution in [3.05, 3.63) is 11.6 Å². The molecule has 4 aliphatic rings. The molecule has 0 bridgehead atoms. The highest BCUT2D eigenvalue weighted by Crippen LogP contribution is 2.74. The summed E-state index contributed by atoms with van der Waals surface area (Å²) in [5.41, 5.74) is 0.465. The molecule has 0 spiro atoms. The molecule has 0 saturated heterocycles. The van der Waals surface area contributed by atoms with Crippen LogP contribution in [0.1, 0.15) is 113 Å². The van der Waals surface area contributed by atoms with Crippen molar-refractivity contribution in [2.45, 2.75) is 131 Å². The predicted molar refractivity (Wildman–Crippen MR) is 136 cm³/mol. The van der Waals surface area contributed by atoms with E-state index in [-0.39, 0.29) is 39.8 Å². The minimum Gasteiger partial charge on any atom is -0.393 e. The zero-order valence-electron chi connectivity index (χ0n) is 22.7. The van der Waals surface area contributed by atoms with E-state index in [1.807, 2.05) is 6.92 Å². The van der Waals surface area contributed by atoms with Gasteiger partial charge in [0.1, 0.15) is 0 Å². The van der Waals surface area contributed by atoms with E-state index in [2.05, 4.69) is 54.5 Å². The first-order valence-electron chi connectivity index (χ1n) is 13.8. The van der Waals surface area contributed by atoms with Gasteiger partial charge in [-0.15, -0.1) is 0 Å². The van der Waals surface area contributed by atoms with Gasteiger partial charge in [0.2, 0.25) is 0 Å². The van der Waals surface area contributed by atoms with Crippen molar-refractivity contribution < 1.29 is 15.3 Å². The second-order valence-corrected chi connectivity index (χ2v) is 14.4. The highest BCUT2D eigenvalue weighted by atomic mass is 16.3. The lowest BCUT2D eigenvalue weighted by molar-refractivity contribution is -0.240. The van der Waals surface area contributed by atoms with E-state index >= 15 is 0 Å². The molecule has 0 aromatic rings. The Labute approximate surface area is 203 Å². The lowest BCUT2D eigenvalue weighted by atomic mass is 9.37. The molecule has 10 atom stereocenters. The molecular formula is C30H52O3. The van der Waals surface area contributed by atoms with Gasteiger partial charge in [0.15, 0.2) is 0 Å². The van der Waals surface area contributed by atoms with Crippen LogP contribution in [0, 0.1) is 45.3 Å². The summed E-state index contributed by atoms with van der Waals surface area (Å²) in [6.07, 6.45) is 10.6. The molecule has 3 N–H and O–H groups in total. The maximum atomic E-state index is 11.9. The molecule has 4 saturated carbocycles.